The average Bonchev–Trinajstić information content (AvgIpc) is 2.51. The molecule has 0 unspecified atom stereocenters. The van der Waals surface area contributed by atoms with E-state index in [9.17, 15) is 4.79 Å². The van der Waals surface area contributed by atoms with Gasteiger partial charge in [-0.25, -0.2) is 9.78 Å². The number of rotatable bonds is 1. The van der Waals surface area contributed by atoms with Crippen LogP contribution in [0.4, 0.5) is 0 Å². The Bertz CT molecular complexity index is 475. The molecule has 0 aliphatic carbocycles. The fraction of sp³-hybridized carbons (Fsp3) is 0.125. The van der Waals surface area contributed by atoms with Gasteiger partial charge in [0.05, 0.1) is 17.3 Å². The summed E-state index contributed by atoms with van der Waals surface area (Å²) in [6, 6.07) is 1.70. The first-order valence-electron chi connectivity index (χ1n) is 3.63. The van der Waals surface area contributed by atoms with Crippen molar-refractivity contribution < 1.29 is 14.3 Å². The lowest BCUT2D eigenvalue weighted by Gasteiger charge is -1.95. The van der Waals surface area contributed by atoms with Crippen molar-refractivity contribution in [1.82, 2.24) is 9.97 Å². The fourth-order valence-electron chi connectivity index (χ4n) is 1.10. The predicted molar refractivity (Wildman–Crippen MR) is 43.5 cm³/mol. The van der Waals surface area contributed by atoms with Gasteiger partial charge in [-0.15, -0.1) is 0 Å². The number of aromatic carboxylic acids is 1. The highest BCUT2D eigenvalue weighted by molar-refractivity contribution is 5.86. The number of carboxylic acids is 1. The monoisotopic (exact) mass is 178 g/mol. The molecule has 0 aliphatic heterocycles. The van der Waals surface area contributed by atoms with Crippen molar-refractivity contribution in [3.63, 3.8) is 0 Å². The Hall–Kier alpha value is -1.91. The zero-order valence-corrected chi connectivity index (χ0v) is 6.81. The van der Waals surface area contributed by atoms with Crippen molar-refractivity contribution in [3.05, 3.63) is 23.8 Å². The molecular formula is C8H6N2O3. The minimum absolute atomic E-state index is 0.236. The van der Waals surface area contributed by atoms with E-state index in [1.807, 2.05) is 0 Å². The molecule has 2 heterocycles. The molecule has 0 spiro atoms. The fourth-order valence-corrected chi connectivity index (χ4v) is 1.10. The number of aromatic nitrogens is 2. The highest BCUT2D eigenvalue weighted by atomic mass is 16.4. The van der Waals surface area contributed by atoms with Gasteiger partial charge in [-0.1, -0.05) is 0 Å². The molecule has 1 N–H and O–H groups in total. The third kappa shape index (κ3) is 1.14. The maximum atomic E-state index is 10.6. The molecule has 0 saturated carbocycles. The molecule has 0 radical (unpaired) electrons. The van der Waals surface area contributed by atoms with E-state index < -0.39 is 5.97 Å². The van der Waals surface area contributed by atoms with Crippen LogP contribution in [0.1, 0.15) is 16.3 Å². The second kappa shape index (κ2) is 2.55. The van der Waals surface area contributed by atoms with E-state index in [4.69, 9.17) is 9.52 Å². The van der Waals surface area contributed by atoms with Gasteiger partial charge in [0.2, 0.25) is 11.5 Å². The van der Waals surface area contributed by atoms with Gasteiger partial charge in [0.1, 0.15) is 0 Å². The van der Waals surface area contributed by atoms with Gasteiger partial charge in [0, 0.05) is 0 Å². The lowest BCUT2D eigenvalue weighted by atomic mass is 10.3. The van der Waals surface area contributed by atoms with Gasteiger partial charge in [0.15, 0.2) is 0 Å². The third-order valence-corrected chi connectivity index (χ3v) is 1.71. The zero-order valence-electron chi connectivity index (χ0n) is 6.81. The first-order valence-corrected chi connectivity index (χ1v) is 3.63. The van der Waals surface area contributed by atoms with Gasteiger partial charge in [-0.2, -0.15) is 4.98 Å². The maximum absolute atomic E-state index is 10.6. The summed E-state index contributed by atoms with van der Waals surface area (Å²) >= 11 is 0. The van der Waals surface area contributed by atoms with E-state index in [0.29, 0.717) is 11.4 Å². The van der Waals surface area contributed by atoms with Crippen molar-refractivity contribution in [3.8, 4) is 0 Å². The van der Waals surface area contributed by atoms with Crippen LogP contribution in [0.5, 0.6) is 0 Å². The minimum Gasteiger partial charge on any atom is -0.475 e. The van der Waals surface area contributed by atoms with Crippen molar-refractivity contribution in [2.24, 2.45) is 0 Å². The van der Waals surface area contributed by atoms with Crippen molar-refractivity contribution in [2.75, 3.05) is 0 Å². The summed E-state index contributed by atoms with van der Waals surface area (Å²) in [5, 5.41) is 9.38. The summed E-state index contributed by atoms with van der Waals surface area (Å²) < 4.78 is 4.98. The standard InChI is InChI=1S/C8H6N2O3/c1-4-5-2-3-13-7(5)10-6(9-4)8(11)12/h2-3H,1H3,(H,11,12). The Morgan fingerprint density at radius 2 is 2.31 bits per heavy atom. The number of fused-ring (bicyclic) bond motifs is 1. The highest BCUT2D eigenvalue weighted by Crippen LogP contribution is 2.15. The van der Waals surface area contributed by atoms with Crippen LogP contribution in [0.3, 0.4) is 0 Å². The molecule has 13 heavy (non-hydrogen) atoms. The van der Waals surface area contributed by atoms with Crippen molar-refractivity contribution in [2.45, 2.75) is 6.92 Å². The number of carbonyl (C=O) groups is 1. The molecule has 0 bridgehead atoms. The number of aryl methyl sites for hydroxylation is 1. The van der Waals surface area contributed by atoms with Crippen LogP contribution in [-0.2, 0) is 0 Å². The van der Waals surface area contributed by atoms with Gasteiger partial charge >= 0.3 is 5.97 Å². The van der Waals surface area contributed by atoms with Crippen LogP contribution in [0, 0.1) is 6.92 Å². The predicted octanol–water partition coefficient (Wildman–Crippen LogP) is 1.23. The Balaban J connectivity index is 2.77. The van der Waals surface area contributed by atoms with Gasteiger partial charge in [0.25, 0.3) is 0 Å². The number of carboxylic acid groups (broad SMARTS) is 1. The topological polar surface area (TPSA) is 76.2 Å². The molecule has 5 nitrogen and oxygen atoms in total. The Morgan fingerprint density at radius 3 is 3.00 bits per heavy atom. The van der Waals surface area contributed by atoms with Gasteiger partial charge < -0.3 is 9.52 Å². The SMILES string of the molecule is Cc1nc(C(=O)O)nc2occc12. The van der Waals surface area contributed by atoms with Crippen molar-refractivity contribution >= 4 is 17.1 Å². The number of hydrogen-bond donors (Lipinski definition) is 1. The summed E-state index contributed by atoms with van der Waals surface area (Å²) in [6.45, 7) is 1.71. The molecule has 0 aliphatic rings. The molecule has 5 heteroatoms. The molecular weight excluding hydrogens is 172 g/mol. The average molecular weight is 178 g/mol. The summed E-state index contributed by atoms with van der Waals surface area (Å²) in [5.41, 5.74) is 0.918. The van der Waals surface area contributed by atoms with Crippen LogP contribution < -0.4 is 0 Å². The van der Waals surface area contributed by atoms with Gasteiger partial charge in [-0.05, 0) is 13.0 Å². The lowest BCUT2D eigenvalue weighted by Crippen LogP contribution is -2.04. The first-order chi connectivity index (χ1) is 6.18. The molecule has 0 aromatic carbocycles. The lowest BCUT2D eigenvalue weighted by molar-refractivity contribution is 0.0683. The smallest absolute Gasteiger partial charge is 0.374 e. The van der Waals surface area contributed by atoms with Crippen molar-refractivity contribution in [1.29, 1.82) is 0 Å². The van der Waals surface area contributed by atoms with E-state index in [2.05, 4.69) is 9.97 Å². The Labute approximate surface area is 73.0 Å². The zero-order chi connectivity index (χ0) is 9.42. The molecule has 2 aromatic rings. The highest BCUT2D eigenvalue weighted by Gasteiger charge is 2.11. The van der Waals surface area contributed by atoms with E-state index in [1.54, 1.807) is 13.0 Å². The van der Waals surface area contributed by atoms with E-state index >= 15 is 0 Å². The molecule has 0 saturated heterocycles. The summed E-state index contributed by atoms with van der Waals surface area (Å²) in [6.07, 6.45) is 1.46. The summed E-state index contributed by atoms with van der Waals surface area (Å²) in [4.78, 5) is 18.1. The third-order valence-electron chi connectivity index (χ3n) is 1.71. The van der Waals surface area contributed by atoms with Crippen LogP contribution >= 0.6 is 0 Å². The summed E-state index contributed by atoms with van der Waals surface area (Å²) in [5.74, 6) is -1.39. The number of nitrogens with zero attached hydrogens (tertiary/aromatic N) is 2. The number of furan rings is 1. The second-order valence-corrected chi connectivity index (χ2v) is 2.58. The van der Waals surface area contributed by atoms with Gasteiger partial charge in [-0.3, -0.25) is 0 Å². The number of hydrogen-bond acceptors (Lipinski definition) is 4. The van der Waals surface area contributed by atoms with E-state index in [1.165, 1.54) is 6.26 Å². The molecule has 2 rings (SSSR count). The summed E-state index contributed by atoms with van der Waals surface area (Å²) in [7, 11) is 0. The second-order valence-electron chi connectivity index (χ2n) is 2.58. The molecule has 0 atom stereocenters. The maximum Gasteiger partial charge on any atom is 0.374 e. The van der Waals surface area contributed by atoms with Crippen LogP contribution in [0.25, 0.3) is 11.1 Å². The van der Waals surface area contributed by atoms with E-state index in [0.717, 1.165) is 5.39 Å². The first kappa shape index (κ1) is 7.72. The van der Waals surface area contributed by atoms with Crippen LogP contribution in [-0.4, -0.2) is 21.0 Å². The normalized spacial score (nSPS) is 10.5. The van der Waals surface area contributed by atoms with E-state index in [-0.39, 0.29) is 5.82 Å². The quantitative estimate of drug-likeness (QED) is 0.710. The minimum atomic E-state index is -1.15. The van der Waals surface area contributed by atoms with Crippen LogP contribution in [0.15, 0.2) is 16.7 Å². The molecule has 0 fully saturated rings. The molecule has 66 valence electrons. The van der Waals surface area contributed by atoms with Crippen LogP contribution in [0.2, 0.25) is 0 Å². The Morgan fingerprint density at radius 1 is 1.54 bits per heavy atom. The Kier molecular flexibility index (Phi) is 1.51. The largest absolute Gasteiger partial charge is 0.475 e. The molecule has 0 amide bonds. The molecule has 2 aromatic heterocycles.